The molecule has 62 valence electrons. The molecule has 0 fully saturated rings. The van der Waals surface area contributed by atoms with Gasteiger partial charge < -0.3 is 5.11 Å². The van der Waals surface area contributed by atoms with Gasteiger partial charge in [-0.15, -0.1) is 0 Å². The molecular weight excluding hydrogens is 168 g/mol. The number of hydrogen-bond donors (Lipinski definition) is 1. The van der Waals surface area contributed by atoms with E-state index in [1.165, 1.54) is 0 Å². The van der Waals surface area contributed by atoms with E-state index in [1.807, 2.05) is 0 Å². The molecule has 11 heavy (non-hydrogen) atoms. The van der Waals surface area contributed by atoms with Gasteiger partial charge in [0.1, 0.15) is 5.57 Å². The lowest BCUT2D eigenvalue weighted by atomic mass is 9.89. The maximum absolute atomic E-state index is 12.0. The molecule has 6 heteroatoms. The lowest BCUT2D eigenvalue weighted by molar-refractivity contribution is -0.188. The Labute approximate surface area is 58.1 Å². The van der Waals surface area contributed by atoms with E-state index in [4.69, 9.17) is 5.11 Å². The van der Waals surface area contributed by atoms with Crippen molar-refractivity contribution in [3.63, 3.8) is 0 Å². The third-order valence-corrected chi connectivity index (χ3v) is 1.31. The summed E-state index contributed by atoms with van der Waals surface area (Å²) in [6, 6.07) is 0. The molecule has 1 N–H and O–H groups in total. The number of allylic oxidation sites excluding steroid dienone is 1. The van der Waals surface area contributed by atoms with Gasteiger partial charge in [-0.2, -0.15) is 17.6 Å². The zero-order chi connectivity index (χ0) is 8.86. The summed E-state index contributed by atoms with van der Waals surface area (Å²) in [5.41, 5.74) is -1.54. The van der Waals surface area contributed by atoms with Crippen LogP contribution < -0.4 is 0 Å². The van der Waals surface area contributed by atoms with Crippen LogP contribution in [0.5, 0.6) is 0 Å². The molecule has 1 aliphatic rings. The van der Waals surface area contributed by atoms with Gasteiger partial charge in [-0.25, -0.2) is 4.79 Å². The maximum atomic E-state index is 12.0. The first-order valence-corrected chi connectivity index (χ1v) is 2.51. The number of carboxylic acid groups (broad SMARTS) is 1. The first kappa shape index (κ1) is 8.03. The fraction of sp³-hybridized carbons (Fsp3) is 0.400. The molecule has 0 amide bonds. The van der Waals surface area contributed by atoms with Crippen molar-refractivity contribution in [2.45, 2.75) is 11.8 Å². The summed E-state index contributed by atoms with van der Waals surface area (Å²) in [5.74, 6) is -10.8. The van der Waals surface area contributed by atoms with Crippen LogP contribution in [0.25, 0.3) is 0 Å². The number of rotatable bonds is 1. The highest BCUT2D eigenvalue weighted by Gasteiger charge is 2.67. The highest BCUT2D eigenvalue weighted by Crippen LogP contribution is 2.49. The van der Waals surface area contributed by atoms with E-state index >= 15 is 0 Å². The molecule has 0 saturated heterocycles. The molecule has 0 bridgehead atoms. The fourth-order valence-corrected chi connectivity index (χ4v) is 0.660. The lowest BCUT2D eigenvalue weighted by Gasteiger charge is -2.32. The smallest absolute Gasteiger partial charge is 0.345 e. The molecule has 0 aromatic rings. The van der Waals surface area contributed by atoms with Gasteiger partial charge in [-0.3, -0.25) is 0 Å². The predicted molar refractivity (Wildman–Crippen MR) is 25.6 cm³/mol. The topological polar surface area (TPSA) is 37.3 Å². The normalized spacial score (nSPS) is 25.3. The van der Waals surface area contributed by atoms with Crippen LogP contribution in [0.2, 0.25) is 0 Å². The maximum Gasteiger partial charge on any atom is 0.345 e. The third-order valence-electron chi connectivity index (χ3n) is 1.31. The number of halogens is 4. The van der Waals surface area contributed by atoms with Gasteiger partial charge in [-0.05, 0) is 0 Å². The average molecular weight is 170 g/mol. The predicted octanol–water partition coefficient (Wildman–Crippen LogP) is 1.28. The molecule has 0 radical (unpaired) electrons. The average Bonchev–Trinajstić information content (AvgIpc) is 1.82. The lowest BCUT2D eigenvalue weighted by Crippen LogP contribution is -2.51. The van der Waals surface area contributed by atoms with E-state index < -0.39 is 23.4 Å². The van der Waals surface area contributed by atoms with E-state index in [0.717, 1.165) is 0 Å². The Morgan fingerprint density at radius 2 is 1.82 bits per heavy atom. The van der Waals surface area contributed by atoms with Gasteiger partial charge in [0.05, 0.1) is 0 Å². The number of carboxylic acids is 1. The van der Waals surface area contributed by atoms with Crippen molar-refractivity contribution in [1.82, 2.24) is 0 Å². The van der Waals surface area contributed by atoms with Crippen molar-refractivity contribution in [2.24, 2.45) is 0 Å². The van der Waals surface area contributed by atoms with Crippen LogP contribution in [-0.4, -0.2) is 22.9 Å². The Bertz CT molecular complexity index is 243. The van der Waals surface area contributed by atoms with Crippen molar-refractivity contribution in [1.29, 1.82) is 0 Å². The Morgan fingerprint density at radius 3 is 1.91 bits per heavy atom. The minimum absolute atomic E-state index is 0.255. The van der Waals surface area contributed by atoms with E-state index in [1.54, 1.807) is 0 Å². The highest BCUT2D eigenvalue weighted by atomic mass is 19.3. The molecular formula is C5H2F4O2. The van der Waals surface area contributed by atoms with Gasteiger partial charge in [0.15, 0.2) is 0 Å². The second kappa shape index (κ2) is 1.75. The van der Waals surface area contributed by atoms with Crippen molar-refractivity contribution in [3.05, 3.63) is 11.6 Å². The second-order valence-electron chi connectivity index (χ2n) is 2.06. The molecule has 0 atom stereocenters. The molecule has 2 nitrogen and oxygen atoms in total. The minimum Gasteiger partial charge on any atom is -0.478 e. The Morgan fingerprint density at radius 1 is 1.36 bits per heavy atom. The molecule has 1 aliphatic carbocycles. The van der Waals surface area contributed by atoms with E-state index in [9.17, 15) is 22.4 Å². The molecule has 0 aliphatic heterocycles. The number of carbonyl (C=O) groups is 1. The molecule has 0 heterocycles. The Balaban J connectivity index is 3.01. The van der Waals surface area contributed by atoms with Crippen LogP contribution in [0.4, 0.5) is 17.6 Å². The first-order chi connectivity index (χ1) is 4.79. The van der Waals surface area contributed by atoms with E-state index in [0.29, 0.717) is 0 Å². The summed E-state index contributed by atoms with van der Waals surface area (Å²) < 4.78 is 47.7. The van der Waals surface area contributed by atoms with Crippen molar-refractivity contribution in [3.8, 4) is 0 Å². The Kier molecular flexibility index (Phi) is 1.28. The number of aliphatic carboxylic acids is 1. The second-order valence-corrected chi connectivity index (χ2v) is 2.06. The summed E-state index contributed by atoms with van der Waals surface area (Å²) in [6.07, 6.45) is -0.255. The number of hydrogen-bond acceptors (Lipinski definition) is 1. The standard InChI is InChI=1S/C5H2F4O2/c6-4(7)1-2(3(10)11)5(4,8)9/h1H,(H,10,11). The van der Waals surface area contributed by atoms with Crippen LogP contribution in [0, 0.1) is 0 Å². The molecule has 0 spiro atoms. The van der Waals surface area contributed by atoms with Crippen LogP contribution in [0.1, 0.15) is 0 Å². The van der Waals surface area contributed by atoms with Gasteiger partial charge in [0.2, 0.25) is 0 Å². The molecule has 0 aromatic heterocycles. The summed E-state index contributed by atoms with van der Waals surface area (Å²) >= 11 is 0. The molecule has 0 unspecified atom stereocenters. The van der Waals surface area contributed by atoms with Crippen molar-refractivity contribution >= 4 is 5.97 Å². The van der Waals surface area contributed by atoms with Crippen LogP contribution >= 0.6 is 0 Å². The summed E-state index contributed by atoms with van der Waals surface area (Å²) in [7, 11) is 0. The third kappa shape index (κ3) is 0.816. The van der Waals surface area contributed by atoms with Crippen LogP contribution in [0.3, 0.4) is 0 Å². The summed E-state index contributed by atoms with van der Waals surface area (Å²) in [6.45, 7) is 0. The largest absolute Gasteiger partial charge is 0.478 e. The highest BCUT2D eigenvalue weighted by molar-refractivity contribution is 5.91. The Hall–Kier alpha value is -1.07. The first-order valence-electron chi connectivity index (χ1n) is 2.51. The molecule has 0 saturated carbocycles. The van der Waals surface area contributed by atoms with Crippen LogP contribution in [-0.2, 0) is 4.79 Å². The fourth-order valence-electron chi connectivity index (χ4n) is 0.660. The zero-order valence-electron chi connectivity index (χ0n) is 4.94. The van der Waals surface area contributed by atoms with Gasteiger partial charge in [0.25, 0.3) is 0 Å². The van der Waals surface area contributed by atoms with Gasteiger partial charge in [-0.1, -0.05) is 0 Å². The quantitative estimate of drug-likeness (QED) is 0.602. The molecule has 1 rings (SSSR count). The van der Waals surface area contributed by atoms with Gasteiger partial charge in [0, 0.05) is 6.08 Å². The van der Waals surface area contributed by atoms with E-state index in [-0.39, 0.29) is 6.08 Å². The molecule has 0 aromatic carbocycles. The van der Waals surface area contributed by atoms with E-state index in [2.05, 4.69) is 0 Å². The minimum atomic E-state index is -4.52. The van der Waals surface area contributed by atoms with Crippen molar-refractivity contribution < 1.29 is 27.5 Å². The summed E-state index contributed by atoms with van der Waals surface area (Å²) in [4.78, 5) is 9.80. The SMILES string of the molecule is O=C(O)C1=CC(F)(F)C1(F)F. The monoisotopic (exact) mass is 170 g/mol. The summed E-state index contributed by atoms with van der Waals surface area (Å²) in [5, 5.41) is 7.92. The zero-order valence-corrected chi connectivity index (χ0v) is 4.94. The number of alkyl halides is 4. The van der Waals surface area contributed by atoms with Gasteiger partial charge >= 0.3 is 17.8 Å². The van der Waals surface area contributed by atoms with Crippen molar-refractivity contribution in [2.75, 3.05) is 0 Å². The van der Waals surface area contributed by atoms with Crippen LogP contribution in [0.15, 0.2) is 11.6 Å².